The third kappa shape index (κ3) is 3.72. The van der Waals surface area contributed by atoms with E-state index in [1.54, 1.807) is 0 Å². The minimum atomic E-state index is -4.52. The summed E-state index contributed by atoms with van der Waals surface area (Å²) in [6.45, 7) is 0. The van der Waals surface area contributed by atoms with Crippen molar-refractivity contribution in [1.29, 1.82) is 0 Å². The number of anilines is 2. The maximum absolute atomic E-state index is 12.8. The van der Waals surface area contributed by atoms with E-state index in [0.717, 1.165) is 6.07 Å². The number of rotatable bonds is 2. The average Bonchev–Trinajstić information content (AvgIpc) is 2.39. The monoisotopic (exact) mass is 359 g/mol. The number of amides is 1. The van der Waals surface area contributed by atoms with Crippen molar-refractivity contribution in [3.63, 3.8) is 0 Å². The van der Waals surface area contributed by atoms with E-state index in [9.17, 15) is 18.0 Å². The molecule has 0 aliphatic rings. The van der Waals surface area contributed by atoms with Crippen LogP contribution in [-0.4, -0.2) is 10.9 Å². The van der Waals surface area contributed by atoms with Gasteiger partial charge in [-0.25, -0.2) is 0 Å². The Kier molecular flexibility index (Phi) is 4.17. The van der Waals surface area contributed by atoms with Crippen LogP contribution in [0.4, 0.5) is 24.5 Å². The number of nitrogens with zero attached hydrogens (tertiary/aromatic N) is 1. The second-order valence-corrected chi connectivity index (χ2v) is 4.98. The van der Waals surface area contributed by atoms with Gasteiger partial charge in [-0.15, -0.1) is 0 Å². The molecule has 2 aromatic rings. The molecular formula is C13H9BrF3N3O. The first-order chi connectivity index (χ1) is 9.77. The highest BCUT2D eigenvalue weighted by Crippen LogP contribution is 2.36. The third-order valence-electron chi connectivity index (χ3n) is 2.55. The van der Waals surface area contributed by atoms with E-state index in [2.05, 4.69) is 26.2 Å². The van der Waals surface area contributed by atoms with Crippen molar-refractivity contribution in [2.45, 2.75) is 6.18 Å². The molecule has 1 amide bonds. The Balaban J connectivity index is 2.26. The minimum absolute atomic E-state index is 0.0137. The van der Waals surface area contributed by atoms with E-state index in [-0.39, 0.29) is 15.9 Å². The largest absolute Gasteiger partial charge is 0.417 e. The summed E-state index contributed by atoms with van der Waals surface area (Å²) < 4.78 is 38.2. The summed E-state index contributed by atoms with van der Waals surface area (Å²) in [5.74, 6) is -0.641. The molecule has 1 aromatic carbocycles. The number of nitrogens with two attached hydrogens (primary N) is 1. The van der Waals surface area contributed by atoms with Crippen LogP contribution in [0.1, 0.15) is 16.1 Å². The smallest absolute Gasteiger partial charge is 0.399 e. The highest BCUT2D eigenvalue weighted by Gasteiger charge is 2.33. The van der Waals surface area contributed by atoms with Gasteiger partial charge in [-0.1, -0.05) is 15.9 Å². The fourth-order valence-electron chi connectivity index (χ4n) is 1.59. The van der Waals surface area contributed by atoms with E-state index in [1.807, 2.05) is 0 Å². The fourth-order valence-corrected chi connectivity index (χ4v) is 2.06. The summed E-state index contributed by atoms with van der Waals surface area (Å²) in [5, 5.41) is 2.35. The second-order valence-electron chi connectivity index (χ2n) is 4.12. The van der Waals surface area contributed by atoms with Gasteiger partial charge in [0.15, 0.2) is 0 Å². The van der Waals surface area contributed by atoms with E-state index in [4.69, 9.17) is 5.73 Å². The summed E-state index contributed by atoms with van der Waals surface area (Å²) in [4.78, 5) is 15.7. The normalized spacial score (nSPS) is 11.2. The van der Waals surface area contributed by atoms with Crippen molar-refractivity contribution in [2.24, 2.45) is 0 Å². The zero-order chi connectivity index (χ0) is 15.6. The van der Waals surface area contributed by atoms with Gasteiger partial charge in [-0.2, -0.15) is 13.2 Å². The SMILES string of the molecule is Nc1ccnc(C(=O)Nc2ccc(Br)c(C(F)(F)F)c2)c1. The molecule has 3 N–H and O–H groups in total. The van der Waals surface area contributed by atoms with E-state index >= 15 is 0 Å². The van der Waals surface area contributed by atoms with Gasteiger partial charge < -0.3 is 11.1 Å². The van der Waals surface area contributed by atoms with Crippen molar-refractivity contribution in [2.75, 3.05) is 11.1 Å². The molecule has 4 nitrogen and oxygen atoms in total. The molecular weight excluding hydrogens is 351 g/mol. The summed E-state index contributed by atoms with van der Waals surface area (Å²) in [6.07, 6.45) is -3.18. The number of halogens is 4. The summed E-state index contributed by atoms with van der Waals surface area (Å²) in [6, 6.07) is 6.24. The Labute approximate surface area is 126 Å². The lowest BCUT2D eigenvalue weighted by atomic mass is 10.2. The van der Waals surface area contributed by atoms with Crippen molar-refractivity contribution >= 4 is 33.2 Å². The molecule has 21 heavy (non-hydrogen) atoms. The Hall–Kier alpha value is -2.09. The van der Waals surface area contributed by atoms with Crippen LogP contribution >= 0.6 is 15.9 Å². The molecule has 0 radical (unpaired) electrons. The average molecular weight is 360 g/mol. The lowest BCUT2D eigenvalue weighted by Gasteiger charge is -2.12. The first-order valence-corrected chi connectivity index (χ1v) is 6.46. The number of benzene rings is 1. The van der Waals surface area contributed by atoms with Crippen LogP contribution in [0.25, 0.3) is 0 Å². The van der Waals surface area contributed by atoms with Crippen LogP contribution in [0.2, 0.25) is 0 Å². The fraction of sp³-hybridized carbons (Fsp3) is 0.0769. The van der Waals surface area contributed by atoms with Crippen LogP contribution in [-0.2, 0) is 6.18 Å². The van der Waals surface area contributed by atoms with Gasteiger partial charge in [-0.05, 0) is 30.3 Å². The summed E-state index contributed by atoms with van der Waals surface area (Å²) in [5.41, 5.74) is 5.01. The molecule has 110 valence electrons. The molecule has 0 aliphatic carbocycles. The Morgan fingerprint density at radius 2 is 1.95 bits per heavy atom. The predicted molar refractivity (Wildman–Crippen MR) is 75.7 cm³/mol. The molecule has 0 bridgehead atoms. The van der Waals surface area contributed by atoms with E-state index < -0.39 is 17.6 Å². The van der Waals surface area contributed by atoms with Gasteiger partial charge in [0.1, 0.15) is 5.69 Å². The number of nitrogens with one attached hydrogen (secondary N) is 1. The predicted octanol–water partition coefficient (Wildman–Crippen LogP) is 3.70. The van der Waals surface area contributed by atoms with Gasteiger partial charge in [-0.3, -0.25) is 9.78 Å². The van der Waals surface area contributed by atoms with E-state index in [0.29, 0.717) is 5.69 Å². The lowest BCUT2D eigenvalue weighted by Crippen LogP contribution is -2.15. The maximum atomic E-state index is 12.8. The molecule has 1 heterocycles. The maximum Gasteiger partial charge on any atom is 0.417 e. The Morgan fingerprint density at radius 1 is 1.24 bits per heavy atom. The first kappa shape index (κ1) is 15.3. The molecule has 0 spiro atoms. The standard InChI is InChI=1S/C13H9BrF3N3O/c14-10-2-1-8(6-9(10)13(15,16)17)20-12(21)11-5-7(18)3-4-19-11/h1-6H,(H2,18,19)(H,20,21). The molecule has 0 saturated carbocycles. The zero-order valence-corrected chi connectivity index (χ0v) is 12.0. The van der Waals surface area contributed by atoms with Crippen LogP contribution < -0.4 is 11.1 Å². The van der Waals surface area contributed by atoms with Crippen LogP contribution in [0, 0.1) is 0 Å². The minimum Gasteiger partial charge on any atom is -0.399 e. The quantitative estimate of drug-likeness (QED) is 0.858. The second kappa shape index (κ2) is 5.72. The van der Waals surface area contributed by atoms with E-state index in [1.165, 1.54) is 30.5 Å². The lowest BCUT2D eigenvalue weighted by molar-refractivity contribution is -0.138. The van der Waals surface area contributed by atoms with Gasteiger partial charge in [0.05, 0.1) is 5.56 Å². The van der Waals surface area contributed by atoms with Crippen LogP contribution in [0.3, 0.4) is 0 Å². The van der Waals surface area contributed by atoms with Crippen molar-refractivity contribution in [1.82, 2.24) is 4.98 Å². The molecule has 0 saturated heterocycles. The number of carbonyl (C=O) groups is 1. The molecule has 0 atom stereocenters. The summed E-state index contributed by atoms with van der Waals surface area (Å²) in [7, 11) is 0. The summed E-state index contributed by atoms with van der Waals surface area (Å²) >= 11 is 2.83. The van der Waals surface area contributed by atoms with Crippen LogP contribution in [0.15, 0.2) is 41.0 Å². The number of pyridine rings is 1. The van der Waals surface area contributed by atoms with Gasteiger partial charge in [0.25, 0.3) is 5.91 Å². The van der Waals surface area contributed by atoms with Crippen molar-refractivity contribution < 1.29 is 18.0 Å². The number of carbonyl (C=O) groups excluding carboxylic acids is 1. The molecule has 0 aliphatic heterocycles. The molecule has 2 rings (SSSR count). The van der Waals surface area contributed by atoms with Gasteiger partial charge >= 0.3 is 6.18 Å². The number of nitrogen functional groups attached to an aromatic ring is 1. The molecule has 1 aromatic heterocycles. The highest BCUT2D eigenvalue weighted by molar-refractivity contribution is 9.10. The number of aromatic nitrogens is 1. The Bertz CT molecular complexity index is 689. The van der Waals surface area contributed by atoms with Crippen molar-refractivity contribution in [3.8, 4) is 0 Å². The van der Waals surface area contributed by atoms with Crippen molar-refractivity contribution in [3.05, 3.63) is 52.3 Å². The molecule has 0 fully saturated rings. The number of hydrogen-bond donors (Lipinski definition) is 2. The topological polar surface area (TPSA) is 68.0 Å². The molecule has 8 heteroatoms. The third-order valence-corrected chi connectivity index (χ3v) is 3.24. The highest BCUT2D eigenvalue weighted by atomic mass is 79.9. The zero-order valence-electron chi connectivity index (χ0n) is 10.4. The number of hydrogen-bond acceptors (Lipinski definition) is 3. The molecule has 0 unspecified atom stereocenters. The number of alkyl halides is 3. The van der Waals surface area contributed by atoms with Gasteiger partial charge in [0.2, 0.25) is 0 Å². The Morgan fingerprint density at radius 3 is 2.57 bits per heavy atom. The van der Waals surface area contributed by atoms with Crippen LogP contribution in [0.5, 0.6) is 0 Å². The van der Waals surface area contributed by atoms with Gasteiger partial charge in [0, 0.05) is 22.0 Å². The first-order valence-electron chi connectivity index (χ1n) is 5.67.